The molecule has 0 amide bonds. The van der Waals surface area contributed by atoms with Gasteiger partial charge in [-0.3, -0.25) is 4.90 Å². The maximum atomic E-state index is 6.23. The topological polar surface area (TPSA) is 38.5 Å². The molecule has 1 heterocycles. The first-order valence-electron chi connectivity index (χ1n) is 8.11. The number of morpholine rings is 1. The zero-order chi connectivity index (χ0) is 14.5. The summed E-state index contributed by atoms with van der Waals surface area (Å²) in [6, 6.07) is 0.531. The molecule has 0 radical (unpaired) electrons. The third kappa shape index (κ3) is 3.93. The average molecular weight is 270 g/mol. The van der Waals surface area contributed by atoms with Crippen LogP contribution in [0.3, 0.4) is 0 Å². The van der Waals surface area contributed by atoms with Crippen LogP contribution in [-0.2, 0) is 4.74 Å². The van der Waals surface area contributed by atoms with Crippen molar-refractivity contribution in [3.63, 3.8) is 0 Å². The molecule has 4 unspecified atom stereocenters. The first-order chi connectivity index (χ1) is 9.02. The van der Waals surface area contributed by atoms with Crippen molar-refractivity contribution in [3.8, 4) is 0 Å². The molecule has 0 aliphatic carbocycles. The molecule has 114 valence electrons. The molecule has 1 rings (SSSR count). The highest BCUT2D eigenvalue weighted by atomic mass is 16.5. The molecule has 0 spiro atoms. The number of rotatable bonds is 7. The number of hydrogen-bond donors (Lipinski definition) is 1. The second kappa shape index (κ2) is 7.61. The molecule has 3 nitrogen and oxygen atoms in total. The lowest BCUT2D eigenvalue weighted by Crippen LogP contribution is -2.63. The van der Waals surface area contributed by atoms with Crippen LogP contribution in [-0.4, -0.2) is 42.3 Å². The van der Waals surface area contributed by atoms with E-state index in [1.807, 2.05) is 0 Å². The molecule has 0 bridgehead atoms. The number of nitrogens with zero attached hydrogens (tertiary/aromatic N) is 1. The fraction of sp³-hybridized carbons (Fsp3) is 1.00. The molecular formula is C16H34N2O. The quantitative estimate of drug-likeness (QED) is 0.773. The van der Waals surface area contributed by atoms with Crippen molar-refractivity contribution in [2.45, 2.75) is 78.0 Å². The summed E-state index contributed by atoms with van der Waals surface area (Å²) in [5.74, 6) is 0.735. The van der Waals surface area contributed by atoms with Crippen LogP contribution in [0.1, 0.15) is 60.3 Å². The van der Waals surface area contributed by atoms with Crippen LogP contribution in [0, 0.1) is 5.92 Å². The van der Waals surface area contributed by atoms with Gasteiger partial charge >= 0.3 is 0 Å². The summed E-state index contributed by atoms with van der Waals surface area (Å²) in [6.07, 6.45) is 5.06. The first-order valence-corrected chi connectivity index (χ1v) is 8.11. The van der Waals surface area contributed by atoms with Gasteiger partial charge in [-0.15, -0.1) is 0 Å². The molecule has 1 aliphatic rings. The van der Waals surface area contributed by atoms with E-state index < -0.39 is 0 Å². The first kappa shape index (κ1) is 16.9. The third-order valence-electron chi connectivity index (χ3n) is 5.01. The van der Waals surface area contributed by atoms with Crippen LogP contribution in [0.5, 0.6) is 0 Å². The Morgan fingerprint density at radius 3 is 2.53 bits per heavy atom. The van der Waals surface area contributed by atoms with E-state index in [-0.39, 0.29) is 5.54 Å². The SMILES string of the molecule is CCC(C)CC(CC)(CN)N1CC(C)OCC1CC. The van der Waals surface area contributed by atoms with Crippen LogP contribution >= 0.6 is 0 Å². The van der Waals surface area contributed by atoms with Gasteiger partial charge in [0.15, 0.2) is 0 Å². The number of nitrogens with two attached hydrogens (primary N) is 1. The molecule has 4 atom stereocenters. The second-order valence-electron chi connectivity index (χ2n) is 6.36. The predicted molar refractivity (Wildman–Crippen MR) is 82.3 cm³/mol. The lowest BCUT2D eigenvalue weighted by Gasteiger charge is -2.51. The Labute approximate surface area is 119 Å². The Bertz CT molecular complexity index is 253. The van der Waals surface area contributed by atoms with Gasteiger partial charge in [0.05, 0.1) is 12.7 Å². The van der Waals surface area contributed by atoms with Crippen molar-refractivity contribution < 1.29 is 4.74 Å². The van der Waals surface area contributed by atoms with Gasteiger partial charge in [0.1, 0.15) is 0 Å². The Hall–Kier alpha value is -0.120. The maximum Gasteiger partial charge on any atom is 0.0675 e. The minimum Gasteiger partial charge on any atom is -0.376 e. The maximum absolute atomic E-state index is 6.23. The van der Waals surface area contributed by atoms with Crippen molar-refractivity contribution >= 4 is 0 Å². The second-order valence-corrected chi connectivity index (χ2v) is 6.36. The van der Waals surface area contributed by atoms with Gasteiger partial charge in [-0.2, -0.15) is 0 Å². The summed E-state index contributed by atoms with van der Waals surface area (Å²) in [6.45, 7) is 14.0. The minimum atomic E-state index is 0.161. The Morgan fingerprint density at radius 2 is 2.05 bits per heavy atom. The summed E-state index contributed by atoms with van der Waals surface area (Å²) < 4.78 is 5.84. The fourth-order valence-electron chi connectivity index (χ4n) is 3.37. The van der Waals surface area contributed by atoms with Gasteiger partial charge in [-0.1, -0.05) is 34.1 Å². The molecule has 1 saturated heterocycles. The summed E-state index contributed by atoms with van der Waals surface area (Å²) >= 11 is 0. The Balaban J connectivity index is 2.93. The molecule has 3 heteroatoms. The molecule has 0 aromatic heterocycles. The average Bonchev–Trinajstić information content (AvgIpc) is 2.44. The van der Waals surface area contributed by atoms with Crippen molar-refractivity contribution in [3.05, 3.63) is 0 Å². The fourth-order valence-corrected chi connectivity index (χ4v) is 3.37. The lowest BCUT2D eigenvalue weighted by atomic mass is 9.81. The zero-order valence-electron chi connectivity index (χ0n) is 13.6. The van der Waals surface area contributed by atoms with E-state index in [1.54, 1.807) is 0 Å². The van der Waals surface area contributed by atoms with E-state index >= 15 is 0 Å². The summed E-state index contributed by atoms with van der Waals surface area (Å²) in [5, 5.41) is 0. The van der Waals surface area contributed by atoms with Crippen LogP contribution in [0.15, 0.2) is 0 Å². The van der Waals surface area contributed by atoms with Gasteiger partial charge in [-0.05, 0) is 32.1 Å². The third-order valence-corrected chi connectivity index (χ3v) is 5.01. The summed E-state index contributed by atoms with van der Waals surface area (Å²) in [7, 11) is 0. The van der Waals surface area contributed by atoms with Crippen LogP contribution in [0.2, 0.25) is 0 Å². The molecular weight excluding hydrogens is 236 g/mol. The van der Waals surface area contributed by atoms with E-state index in [0.29, 0.717) is 12.1 Å². The van der Waals surface area contributed by atoms with Gasteiger partial charge in [0.25, 0.3) is 0 Å². The highest BCUT2D eigenvalue weighted by Crippen LogP contribution is 2.33. The van der Waals surface area contributed by atoms with Crippen LogP contribution < -0.4 is 5.73 Å². The van der Waals surface area contributed by atoms with E-state index in [1.165, 1.54) is 12.8 Å². The largest absolute Gasteiger partial charge is 0.376 e. The van der Waals surface area contributed by atoms with Gasteiger partial charge in [0, 0.05) is 24.7 Å². The Morgan fingerprint density at radius 1 is 1.37 bits per heavy atom. The smallest absolute Gasteiger partial charge is 0.0675 e. The molecule has 0 saturated carbocycles. The molecule has 19 heavy (non-hydrogen) atoms. The predicted octanol–water partition coefficient (Wildman–Crippen LogP) is 3.03. The molecule has 2 N–H and O–H groups in total. The van der Waals surface area contributed by atoms with Crippen molar-refractivity contribution in [2.24, 2.45) is 11.7 Å². The monoisotopic (exact) mass is 270 g/mol. The normalized spacial score (nSPS) is 30.0. The highest BCUT2D eigenvalue weighted by molar-refractivity contribution is 4.97. The van der Waals surface area contributed by atoms with E-state index in [2.05, 4.69) is 39.5 Å². The zero-order valence-corrected chi connectivity index (χ0v) is 13.6. The molecule has 1 fully saturated rings. The van der Waals surface area contributed by atoms with Crippen molar-refractivity contribution in [1.82, 2.24) is 4.90 Å². The van der Waals surface area contributed by atoms with Crippen molar-refractivity contribution in [2.75, 3.05) is 19.7 Å². The summed E-state index contributed by atoms with van der Waals surface area (Å²) in [5.41, 5.74) is 6.39. The highest BCUT2D eigenvalue weighted by Gasteiger charge is 2.41. The summed E-state index contributed by atoms with van der Waals surface area (Å²) in [4.78, 5) is 2.67. The van der Waals surface area contributed by atoms with E-state index in [4.69, 9.17) is 10.5 Å². The number of ether oxygens (including phenoxy) is 1. The van der Waals surface area contributed by atoms with Crippen LogP contribution in [0.25, 0.3) is 0 Å². The van der Waals surface area contributed by atoms with E-state index in [9.17, 15) is 0 Å². The molecule has 0 aromatic rings. The van der Waals surface area contributed by atoms with Crippen molar-refractivity contribution in [1.29, 1.82) is 0 Å². The number of hydrogen-bond acceptors (Lipinski definition) is 3. The van der Waals surface area contributed by atoms with E-state index in [0.717, 1.165) is 38.5 Å². The standard InChI is InChI=1S/C16H34N2O/c1-6-13(4)9-16(8-3,12-17)18-10-14(5)19-11-15(18)7-2/h13-15H,6-12,17H2,1-5H3. The van der Waals surface area contributed by atoms with Gasteiger partial charge in [0.2, 0.25) is 0 Å². The molecule has 0 aromatic carbocycles. The Kier molecular flexibility index (Phi) is 6.78. The lowest BCUT2D eigenvalue weighted by molar-refractivity contribution is -0.105. The van der Waals surface area contributed by atoms with Gasteiger partial charge in [-0.25, -0.2) is 0 Å². The minimum absolute atomic E-state index is 0.161. The molecule has 1 aliphatic heterocycles. The van der Waals surface area contributed by atoms with Crippen LogP contribution in [0.4, 0.5) is 0 Å². The van der Waals surface area contributed by atoms with Gasteiger partial charge < -0.3 is 10.5 Å².